The zero-order valence-electron chi connectivity index (χ0n) is 15.4. The van der Waals surface area contributed by atoms with Crippen LogP contribution in [0.3, 0.4) is 0 Å². The van der Waals surface area contributed by atoms with Gasteiger partial charge in [-0.15, -0.1) is 35.3 Å². The van der Waals surface area contributed by atoms with E-state index in [9.17, 15) is 4.21 Å². The van der Waals surface area contributed by atoms with Crippen molar-refractivity contribution in [3.05, 3.63) is 16.1 Å². The van der Waals surface area contributed by atoms with E-state index in [1.807, 2.05) is 13.1 Å². The second kappa shape index (κ2) is 12.2. The quantitative estimate of drug-likeness (QED) is 0.343. The highest BCUT2D eigenvalue weighted by atomic mass is 127. The van der Waals surface area contributed by atoms with Gasteiger partial charge in [0.1, 0.15) is 5.01 Å². The summed E-state index contributed by atoms with van der Waals surface area (Å²) in [4.78, 5) is 10.4. The van der Waals surface area contributed by atoms with Crippen LogP contribution in [-0.2, 0) is 23.8 Å². The van der Waals surface area contributed by atoms with E-state index in [1.165, 1.54) is 4.88 Å². The molecule has 8 heteroatoms. The van der Waals surface area contributed by atoms with Gasteiger partial charge in [-0.1, -0.05) is 20.3 Å². The van der Waals surface area contributed by atoms with Gasteiger partial charge in [-0.3, -0.25) is 4.21 Å². The molecule has 2 rings (SSSR count). The number of hydrogen-bond donors (Lipinski definition) is 2. The van der Waals surface area contributed by atoms with Gasteiger partial charge in [0, 0.05) is 45.5 Å². The Labute approximate surface area is 175 Å². The van der Waals surface area contributed by atoms with Crippen LogP contribution in [0.4, 0.5) is 0 Å². The Balaban J connectivity index is 0.00000312. The average molecular weight is 499 g/mol. The molecule has 3 unspecified atom stereocenters. The summed E-state index contributed by atoms with van der Waals surface area (Å²) in [5.74, 6) is 1.61. The van der Waals surface area contributed by atoms with Crippen LogP contribution in [-0.4, -0.2) is 38.7 Å². The van der Waals surface area contributed by atoms with E-state index < -0.39 is 10.8 Å². The normalized spacial score (nSPS) is 22.1. The van der Waals surface area contributed by atoms with Gasteiger partial charge in [0.2, 0.25) is 0 Å². The number of aromatic nitrogens is 1. The summed E-state index contributed by atoms with van der Waals surface area (Å²) in [6.07, 6.45) is 7.30. The number of guanidine groups is 1. The summed E-state index contributed by atoms with van der Waals surface area (Å²) in [7, 11) is -0.693. The Bertz CT molecular complexity index is 565. The van der Waals surface area contributed by atoms with Crippen molar-refractivity contribution in [2.75, 3.05) is 12.3 Å². The fourth-order valence-electron chi connectivity index (χ4n) is 3.00. The Kier molecular flexibility index (Phi) is 11.2. The molecule has 1 saturated carbocycles. The van der Waals surface area contributed by atoms with E-state index in [-0.39, 0.29) is 24.0 Å². The van der Waals surface area contributed by atoms with Crippen LogP contribution in [0.5, 0.6) is 0 Å². The number of hydrogen-bond acceptors (Lipinski definition) is 4. The zero-order valence-corrected chi connectivity index (χ0v) is 19.4. The second-order valence-electron chi connectivity index (χ2n) is 6.07. The van der Waals surface area contributed by atoms with E-state index >= 15 is 0 Å². The summed E-state index contributed by atoms with van der Waals surface area (Å²) in [5.41, 5.74) is 0. The van der Waals surface area contributed by atoms with Crippen LogP contribution in [0.2, 0.25) is 0 Å². The molecule has 0 spiro atoms. The molecular weight excluding hydrogens is 467 g/mol. The minimum atomic E-state index is -0.693. The van der Waals surface area contributed by atoms with Crippen molar-refractivity contribution >= 4 is 52.1 Å². The SMILES string of the molecule is CCNC(=NCc1ncc(CC)s1)NC1CCCC(S(=O)CC)C1.I. The third kappa shape index (κ3) is 7.50. The lowest BCUT2D eigenvalue weighted by atomic mass is 9.95. The first-order valence-electron chi connectivity index (χ1n) is 9.01. The van der Waals surface area contributed by atoms with Crippen molar-refractivity contribution in [3.63, 3.8) is 0 Å². The second-order valence-corrected chi connectivity index (χ2v) is 9.27. The maximum Gasteiger partial charge on any atom is 0.191 e. The van der Waals surface area contributed by atoms with Crippen LogP contribution < -0.4 is 10.6 Å². The molecule has 25 heavy (non-hydrogen) atoms. The molecule has 1 heterocycles. The first-order valence-corrected chi connectivity index (χ1v) is 11.2. The topological polar surface area (TPSA) is 66.4 Å². The van der Waals surface area contributed by atoms with E-state index in [4.69, 9.17) is 0 Å². The molecule has 0 aromatic carbocycles. The fourth-order valence-corrected chi connectivity index (χ4v) is 5.13. The number of halogens is 1. The minimum absolute atomic E-state index is 0. The highest BCUT2D eigenvalue weighted by molar-refractivity contribution is 14.0. The molecule has 3 atom stereocenters. The Hall–Kier alpha value is -0.220. The van der Waals surface area contributed by atoms with Crippen molar-refractivity contribution < 1.29 is 4.21 Å². The van der Waals surface area contributed by atoms with Crippen LogP contribution in [0.1, 0.15) is 56.3 Å². The highest BCUT2D eigenvalue weighted by Crippen LogP contribution is 2.23. The molecule has 2 N–H and O–H groups in total. The lowest BCUT2D eigenvalue weighted by Crippen LogP contribution is -2.46. The number of nitrogens with one attached hydrogen (secondary N) is 2. The van der Waals surface area contributed by atoms with Gasteiger partial charge in [0.05, 0.1) is 6.54 Å². The molecule has 0 bridgehead atoms. The van der Waals surface area contributed by atoms with Crippen molar-refractivity contribution in [2.45, 2.75) is 70.7 Å². The van der Waals surface area contributed by atoms with Crippen LogP contribution >= 0.6 is 35.3 Å². The Morgan fingerprint density at radius 3 is 2.84 bits per heavy atom. The van der Waals surface area contributed by atoms with Gasteiger partial charge >= 0.3 is 0 Å². The highest BCUT2D eigenvalue weighted by Gasteiger charge is 2.26. The largest absolute Gasteiger partial charge is 0.357 e. The van der Waals surface area contributed by atoms with Gasteiger partial charge in [0.15, 0.2) is 5.96 Å². The maximum absolute atomic E-state index is 12.1. The maximum atomic E-state index is 12.1. The molecule has 1 aliphatic rings. The average Bonchev–Trinajstić information content (AvgIpc) is 3.07. The van der Waals surface area contributed by atoms with Crippen molar-refractivity contribution in [3.8, 4) is 0 Å². The molecule has 1 aromatic heterocycles. The van der Waals surface area contributed by atoms with Gasteiger partial charge in [-0.25, -0.2) is 9.98 Å². The van der Waals surface area contributed by atoms with Gasteiger partial charge < -0.3 is 10.6 Å². The van der Waals surface area contributed by atoms with E-state index in [2.05, 4.69) is 34.5 Å². The first-order chi connectivity index (χ1) is 11.7. The zero-order chi connectivity index (χ0) is 17.4. The summed E-state index contributed by atoms with van der Waals surface area (Å²) >= 11 is 1.73. The summed E-state index contributed by atoms with van der Waals surface area (Å²) in [6.45, 7) is 7.67. The predicted octanol–water partition coefficient (Wildman–Crippen LogP) is 3.46. The number of aryl methyl sites for hydroxylation is 1. The first kappa shape index (κ1) is 22.8. The van der Waals surface area contributed by atoms with Crippen LogP contribution in [0.25, 0.3) is 0 Å². The molecule has 0 saturated heterocycles. The molecule has 1 aromatic rings. The lowest BCUT2D eigenvalue weighted by molar-refractivity contribution is 0.413. The number of nitrogens with zero attached hydrogens (tertiary/aromatic N) is 2. The van der Waals surface area contributed by atoms with E-state index in [0.717, 1.165) is 55.4 Å². The third-order valence-electron chi connectivity index (χ3n) is 4.29. The Morgan fingerprint density at radius 1 is 1.40 bits per heavy atom. The lowest BCUT2D eigenvalue weighted by Gasteiger charge is -2.30. The standard InChI is InChI=1S/C17H30N4OS2.HI/c1-4-14-11-19-16(23-14)12-20-17(18-5-2)21-13-8-7-9-15(10-13)24(22)6-3;/h11,13,15H,4-10,12H2,1-3H3,(H2,18,20,21);1H. The molecule has 1 aliphatic carbocycles. The van der Waals surface area contributed by atoms with Gasteiger partial charge in [-0.05, 0) is 32.6 Å². The fraction of sp³-hybridized carbons (Fsp3) is 0.765. The Morgan fingerprint density at radius 2 is 2.20 bits per heavy atom. The predicted molar refractivity (Wildman–Crippen MR) is 120 cm³/mol. The smallest absolute Gasteiger partial charge is 0.191 e. The third-order valence-corrected chi connectivity index (χ3v) is 7.16. The number of rotatable bonds is 7. The van der Waals surface area contributed by atoms with Gasteiger partial charge in [-0.2, -0.15) is 0 Å². The molecule has 0 radical (unpaired) electrons. The van der Waals surface area contributed by atoms with Gasteiger partial charge in [0.25, 0.3) is 0 Å². The molecule has 1 fully saturated rings. The summed E-state index contributed by atoms with van der Waals surface area (Å²) in [6, 6.07) is 0.361. The minimum Gasteiger partial charge on any atom is -0.357 e. The van der Waals surface area contributed by atoms with Crippen LogP contribution in [0.15, 0.2) is 11.2 Å². The van der Waals surface area contributed by atoms with E-state index in [0.29, 0.717) is 17.8 Å². The monoisotopic (exact) mass is 498 g/mol. The van der Waals surface area contributed by atoms with E-state index in [1.54, 1.807) is 11.3 Å². The summed E-state index contributed by atoms with van der Waals surface area (Å²) < 4.78 is 12.1. The van der Waals surface area contributed by atoms with Crippen LogP contribution in [0, 0.1) is 0 Å². The molecule has 5 nitrogen and oxygen atoms in total. The number of aliphatic imine (C=N–C) groups is 1. The summed E-state index contributed by atoms with van der Waals surface area (Å²) in [5, 5.41) is 8.24. The number of thiazole rings is 1. The molecule has 0 amide bonds. The molecule has 144 valence electrons. The van der Waals surface area contributed by atoms with Crippen molar-refractivity contribution in [1.29, 1.82) is 0 Å². The van der Waals surface area contributed by atoms with Crippen molar-refractivity contribution in [2.24, 2.45) is 4.99 Å². The molecule has 0 aliphatic heterocycles. The molecular formula is C17H31IN4OS2. The van der Waals surface area contributed by atoms with Crippen molar-refractivity contribution in [1.82, 2.24) is 15.6 Å².